The molecule has 6 nitrogen and oxygen atoms in total. The zero-order valence-corrected chi connectivity index (χ0v) is 18.6. The molecule has 3 rings (SSSR count). The van der Waals surface area contributed by atoms with Crippen LogP contribution in [0.1, 0.15) is 44.9 Å². The van der Waals surface area contributed by atoms with Gasteiger partial charge in [0.2, 0.25) is 0 Å². The zero-order chi connectivity index (χ0) is 23.6. The highest BCUT2D eigenvalue weighted by Gasteiger charge is 2.42. The van der Waals surface area contributed by atoms with E-state index in [1.807, 2.05) is 13.8 Å². The van der Waals surface area contributed by atoms with E-state index in [0.29, 0.717) is 0 Å². The Kier molecular flexibility index (Phi) is 7.01. The molecule has 1 aliphatic rings. The van der Waals surface area contributed by atoms with Crippen LogP contribution in [0.3, 0.4) is 0 Å². The Morgan fingerprint density at radius 3 is 2.31 bits per heavy atom. The van der Waals surface area contributed by atoms with Crippen molar-refractivity contribution in [2.24, 2.45) is 5.92 Å². The van der Waals surface area contributed by atoms with Crippen LogP contribution in [0.4, 0.5) is 14.5 Å². The smallest absolute Gasteiger partial charge is 0.331 e. The second-order valence-electron chi connectivity index (χ2n) is 8.08. The Labute approximate surface area is 186 Å². The fraction of sp³-hybridized carbons (Fsp3) is 0.417. The molecular weight excluding hydrogens is 418 g/mol. The molecule has 1 N–H and O–H groups in total. The van der Waals surface area contributed by atoms with Crippen LogP contribution in [-0.4, -0.2) is 41.1 Å². The minimum Gasteiger partial charge on any atom is -0.480 e. The first-order chi connectivity index (χ1) is 15.2. The van der Waals surface area contributed by atoms with Crippen LogP contribution in [0.2, 0.25) is 0 Å². The zero-order valence-electron chi connectivity index (χ0n) is 18.6. The molecule has 1 heterocycles. The summed E-state index contributed by atoms with van der Waals surface area (Å²) in [7, 11) is 0. The van der Waals surface area contributed by atoms with Gasteiger partial charge in [0.1, 0.15) is 17.4 Å². The van der Waals surface area contributed by atoms with E-state index in [0.717, 1.165) is 35.8 Å². The van der Waals surface area contributed by atoms with Crippen LogP contribution in [0, 0.1) is 17.6 Å². The maximum atomic E-state index is 14.4. The molecule has 0 aromatic heterocycles. The van der Waals surface area contributed by atoms with Gasteiger partial charge in [-0.15, -0.1) is 0 Å². The lowest BCUT2D eigenvalue weighted by molar-refractivity contribution is -0.154. The molecule has 0 aliphatic carbocycles. The van der Waals surface area contributed by atoms with E-state index >= 15 is 0 Å². The topological polar surface area (TPSA) is 70.1 Å². The van der Waals surface area contributed by atoms with Gasteiger partial charge in [0, 0.05) is 36.0 Å². The number of amides is 1. The largest absolute Gasteiger partial charge is 0.480 e. The number of carbonyl (C=O) groups excluding carboxylic acids is 1. The van der Waals surface area contributed by atoms with Gasteiger partial charge >= 0.3 is 5.97 Å². The number of nitrogens with zero attached hydrogens (tertiary/aromatic N) is 2. The third-order valence-electron chi connectivity index (χ3n) is 5.74. The lowest BCUT2D eigenvalue weighted by Gasteiger charge is -2.30. The Morgan fingerprint density at radius 1 is 1.16 bits per heavy atom. The van der Waals surface area contributed by atoms with E-state index in [4.69, 9.17) is 4.74 Å². The van der Waals surface area contributed by atoms with Gasteiger partial charge in [-0.2, -0.15) is 0 Å². The maximum Gasteiger partial charge on any atom is 0.331 e. The van der Waals surface area contributed by atoms with Crippen molar-refractivity contribution in [1.29, 1.82) is 0 Å². The van der Waals surface area contributed by atoms with E-state index in [-0.39, 0.29) is 22.8 Å². The number of rotatable bonds is 7. The molecule has 32 heavy (non-hydrogen) atoms. The number of halogens is 2. The molecule has 2 atom stereocenters. The number of carboxylic acid groups (broad SMARTS) is 1. The summed E-state index contributed by atoms with van der Waals surface area (Å²) < 4.78 is 34.8. The molecule has 172 valence electrons. The third-order valence-corrected chi connectivity index (χ3v) is 5.74. The van der Waals surface area contributed by atoms with Crippen LogP contribution in [0.5, 0.6) is 5.75 Å². The summed E-state index contributed by atoms with van der Waals surface area (Å²) in [6.07, 6.45) is -1.00. The first-order valence-electron chi connectivity index (χ1n) is 10.7. The summed E-state index contributed by atoms with van der Waals surface area (Å²) in [6, 6.07) is 7.04. The van der Waals surface area contributed by atoms with Gasteiger partial charge in [-0.05, 0) is 38.0 Å². The fourth-order valence-corrected chi connectivity index (χ4v) is 3.99. The summed E-state index contributed by atoms with van der Waals surface area (Å²) in [5.41, 5.74) is 0.737. The number of carboxylic acids is 1. The number of hydrogen-bond donors (Lipinski definition) is 1. The standard InChI is InChI=1S/C24H28F2N2O4/c1-5-27(6-2)15-10-11-16-20(12-15)32-22(14(3)4)23(29)28(21(16)24(30)31)13-17-18(25)8-7-9-19(17)26/h7-12,14,21-22H,5-6,13H2,1-4H3,(H,30,31). The Bertz CT molecular complexity index is 987. The molecule has 2 aromatic rings. The summed E-state index contributed by atoms with van der Waals surface area (Å²) >= 11 is 0. The third kappa shape index (κ3) is 4.40. The lowest BCUT2D eigenvalue weighted by atomic mass is 10.0. The average molecular weight is 446 g/mol. The van der Waals surface area contributed by atoms with Crippen LogP contribution >= 0.6 is 0 Å². The summed E-state index contributed by atoms with van der Waals surface area (Å²) in [5, 5.41) is 10.1. The van der Waals surface area contributed by atoms with Gasteiger partial charge in [-0.1, -0.05) is 26.0 Å². The van der Waals surface area contributed by atoms with Crippen molar-refractivity contribution in [2.45, 2.75) is 46.4 Å². The summed E-state index contributed by atoms with van der Waals surface area (Å²) in [4.78, 5) is 28.8. The van der Waals surface area contributed by atoms with E-state index < -0.39 is 42.2 Å². The van der Waals surface area contributed by atoms with E-state index in [1.54, 1.807) is 32.0 Å². The van der Waals surface area contributed by atoms with Crippen molar-refractivity contribution in [3.05, 3.63) is 59.2 Å². The minimum absolute atomic E-state index is 0.265. The van der Waals surface area contributed by atoms with Crippen molar-refractivity contribution >= 4 is 17.6 Å². The molecule has 2 aromatic carbocycles. The number of fused-ring (bicyclic) bond motifs is 1. The second-order valence-corrected chi connectivity index (χ2v) is 8.08. The van der Waals surface area contributed by atoms with E-state index in [1.165, 1.54) is 6.07 Å². The van der Waals surface area contributed by atoms with Gasteiger partial charge in [0.25, 0.3) is 5.91 Å². The van der Waals surface area contributed by atoms with Crippen molar-refractivity contribution in [3.8, 4) is 5.75 Å². The molecule has 0 bridgehead atoms. The number of ether oxygens (including phenoxy) is 1. The first-order valence-corrected chi connectivity index (χ1v) is 10.7. The molecule has 0 radical (unpaired) electrons. The Hall–Kier alpha value is -3.16. The SMILES string of the molecule is CCN(CC)c1ccc2c(c1)OC(C(C)C)C(=O)N(Cc1c(F)cccc1F)C2C(=O)O. The van der Waals surface area contributed by atoms with Gasteiger partial charge in [-0.3, -0.25) is 4.79 Å². The number of anilines is 1. The van der Waals surface area contributed by atoms with Crippen LogP contribution < -0.4 is 9.64 Å². The molecule has 0 fully saturated rings. The van der Waals surface area contributed by atoms with Crippen molar-refractivity contribution in [3.63, 3.8) is 0 Å². The lowest BCUT2D eigenvalue weighted by Crippen LogP contribution is -2.45. The fourth-order valence-electron chi connectivity index (χ4n) is 3.99. The van der Waals surface area contributed by atoms with Crippen LogP contribution in [0.15, 0.2) is 36.4 Å². The molecule has 1 amide bonds. The van der Waals surface area contributed by atoms with Crippen molar-refractivity contribution in [1.82, 2.24) is 4.90 Å². The van der Waals surface area contributed by atoms with Gasteiger partial charge in [0.05, 0.1) is 6.54 Å². The molecule has 0 saturated heterocycles. The minimum atomic E-state index is -1.45. The predicted octanol–water partition coefficient (Wildman–Crippen LogP) is 4.38. The molecule has 0 spiro atoms. The highest BCUT2D eigenvalue weighted by Crippen LogP contribution is 2.39. The number of benzene rings is 2. The molecule has 2 unspecified atom stereocenters. The number of carbonyl (C=O) groups is 2. The highest BCUT2D eigenvalue weighted by atomic mass is 19.1. The predicted molar refractivity (Wildman–Crippen MR) is 117 cm³/mol. The molecule has 0 saturated carbocycles. The van der Waals surface area contributed by atoms with Crippen LogP contribution in [0.25, 0.3) is 0 Å². The number of aliphatic carboxylic acids is 1. The van der Waals surface area contributed by atoms with Gasteiger partial charge < -0.3 is 19.6 Å². The Morgan fingerprint density at radius 2 is 1.78 bits per heavy atom. The monoisotopic (exact) mass is 446 g/mol. The quantitative estimate of drug-likeness (QED) is 0.684. The van der Waals surface area contributed by atoms with Crippen LogP contribution in [-0.2, 0) is 16.1 Å². The average Bonchev–Trinajstić information content (AvgIpc) is 2.86. The molecule has 8 heteroatoms. The van der Waals surface area contributed by atoms with Gasteiger partial charge in [-0.25, -0.2) is 13.6 Å². The van der Waals surface area contributed by atoms with Crippen molar-refractivity contribution in [2.75, 3.05) is 18.0 Å². The van der Waals surface area contributed by atoms with Crippen molar-refractivity contribution < 1.29 is 28.2 Å². The maximum absolute atomic E-state index is 14.4. The summed E-state index contributed by atoms with van der Waals surface area (Å²) in [5.74, 6) is -3.63. The highest BCUT2D eigenvalue weighted by molar-refractivity contribution is 5.89. The summed E-state index contributed by atoms with van der Waals surface area (Å²) in [6.45, 7) is 8.51. The van der Waals surface area contributed by atoms with Gasteiger partial charge in [0.15, 0.2) is 12.1 Å². The molecule has 1 aliphatic heterocycles. The number of hydrogen-bond acceptors (Lipinski definition) is 4. The molecular formula is C24H28F2N2O4. The van der Waals surface area contributed by atoms with E-state index in [9.17, 15) is 23.5 Å². The normalized spacial score (nSPS) is 18.2. The first kappa shape index (κ1) is 23.5. The van der Waals surface area contributed by atoms with E-state index in [2.05, 4.69) is 4.90 Å². The second kappa shape index (κ2) is 9.54. The Balaban J connectivity index is 2.17.